The monoisotopic (exact) mass is 200 g/mol. The summed E-state index contributed by atoms with van der Waals surface area (Å²) in [4.78, 5) is 0. The summed E-state index contributed by atoms with van der Waals surface area (Å²) >= 11 is 0. The van der Waals surface area contributed by atoms with Crippen LogP contribution in [0, 0.1) is 11.6 Å². The van der Waals surface area contributed by atoms with E-state index in [1.54, 1.807) is 0 Å². The summed E-state index contributed by atoms with van der Waals surface area (Å²) in [6, 6.07) is 3.72. The predicted octanol–water partition coefficient (Wildman–Crippen LogP) is 1.89. The van der Waals surface area contributed by atoms with E-state index in [0.717, 1.165) is 6.07 Å². The summed E-state index contributed by atoms with van der Waals surface area (Å²) < 4.78 is 30.5. The lowest BCUT2D eigenvalue weighted by Crippen LogP contribution is -1.97. The molecule has 4 heteroatoms. The lowest BCUT2D eigenvalue weighted by atomic mass is 10.3. The highest BCUT2D eigenvalue weighted by molar-refractivity contribution is 5.25. The van der Waals surface area contributed by atoms with Crippen LogP contribution in [-0.2, 0) is 0 Å². The molecule has 0 amide bonds. The first-order chi connectivity index (χ1) is 6.75. The highest BCUT2D eigenvalue weighted by Gasteiger charge is 2.07. The maximum atomic E-state index is 12.9. The SMILES string of the molecule is OC/C=C/COc1cccc(F)c1F. The van der Waals surface area contributed by atoms with Crippen LogP contribution in [0.15, 0.2) is 30.4 Å². The van der Waals surface area contributed by atoms with E-state index in [0.29, 0.717) is 0 Å². The Balaban J connectivity index is 2.59. The van der Waals surface area contributed by atoms with E-state index >= 15 is 0 Å². The number of ether oxygens (including phenoxy) is 1. The van der Waals surface area contributed by atoms with E-state index in [-0.39, 0.29) is 19.0 Å². The minimum atomic E-state index is -0.995. The maximum Gasteiger partial charge on any atom is 0.200 e. The number of hydrogen-bond acceptors (Lipinski definition) is 2. The molecule has 0 heterocycles. The van der Waals surface area contributed by atoms with Crippen LogP contribution in [0.2, 0.25) is 0 Å². The quantitative estimate of drug-likeness (QED) is 0.752. The molecule has 0 aliphatic rings. The number of rotatable bonds is 4. The summed E-state index contributed by atoms with van der Waals surface area (Å²) in [6.07, 6.45) is 2.97. The van der Waals surface area contributed by atoms with Gasteiger partial charge in [-0.25, -0.2) is 4.39 Å². The normalized spacial score (nSPS) is 10.8. The molecule has 0 radical (unpaired) electrons. The highest BCUT2D eigenvalue weighted by atomic mass is 19.2. The molecule has 1 N–H and O–H groups in total. The van der Waals surface area contributed by atoms with Gasteiger partial charge in [-0.05, 0) is 18.2 Å². The first-order valence-corrected chi connectivity index (χ1v) is 4.08. The molecule has 1 rings (SSSR count). The fourth-order valence-electron chi connectivity index (χ4n) is 0.876. The van der Waals surface area contributed by atoms with Gasteiger partial charge in [0, 0.05) is 0 Å². The Morgan fingerprint density at radius 2 is 2.07 bits per heavy atom. The van der Waals surface area contributed by atoms with E-state index in [1.165, 1.54) is 24.3 Å². The van der Waals surface area contributed by atoms with Crippen molar-refractivity contribution in [1.29, 1.82) is 0 Å². The topological polar surface area (TPSA) is 29.5 Å². The molecule has 2 nitrogen and oxygen atoms in total. The van der Waals surface area contributed by atoms with Crippen molar-refractivity contribution in [2.75, 3.05) is 13.2 Å². The molecule has 0 atom stereocenters. The smallest absolute Gasteiger partial charge is 0.200 e. The summed E-state index contributed by atoms with van der Waals surface area (Å²) in [6.45, 7) is -0.00404. The van der Waals surface area contributed by atoms with E-state index in [4.69, 9.17) is 9.84 Å². The van der Waals surface area contributed by atoms with Crippen molar-refractivity contribution in [3.05, 3.63) is 42.0 Å². The van der Waals surface area contributed by atoms with E-state index in [1.807, 2.05) is 0 Å². The number of hydrogen-bond donors (Lipinski definition) is 1. The molecular formula is C10H10F2O2. The van der Waals surface area contributed by atoms with Crippen LogP contribution in [-0.4, -0.2) is 18.3 Å². The minimum Gasteiger partial charge on any atom is -0.486 e. The van der Waals surface area contributed by atoms with E-state index in [2.05, 4.69) is 0 Å². The lowest BCUT2D eigenvalue weighted by Gasteiger charge is -2.04. The van der Waals surface area contributed by atoms with Gasteiger partial charge >= 0.3 is 0 Å². The molecule has 0 aromatic heterocycles. The number of benzene rings is 1. The molecule has 0 aliphatic heterocycles. The van der Waals surface area contributed by atoms with Gasteiger partial charge in [0.2, 0.25) is 5.82 Å². The van der Waals surface area contributed by atoms with Gasteiger partial charge in [0.05, 0.1) is 6.61 Å². The Hall–Kier alpha value is -1.42. The summed E-state index contributed by atoms with van der Waals surface area (Å²) in [5.74, 6) is -2.06. The first-order valence-electron chi connectivity index (χ1n) is 4.08. The minimum absolute atomic E-state index is 0.0981. The van der Waals surface area contributed by atoms with Crippen LogP contribution in [0.3, 0.4) is 0 Å². The van der Waals surface area contributed by atoms with Crippen molar-refractivity contribution in [2.24, 2.45) is 0 Å². The maximum absolute atomic E-state index is 12.9. The van der Waals surface area contributed by atoms with Gasteiger partial charge in [0.25, 0.3) is 0 Å². The number of aliphatic hydroxyl groups excluding tert-OH is 1. The Kier molecular flexibility index (Phi) is 4.07. The Morgan fingerprint density at radius 3 is 2.79 bits per heavy atom. The molecule has 1 aromatic carbocycles. The predicted molar refractivity (Wildman–Crippen MR) is 48.1 cm³/mol. The van der Waals surface area contributed by atoms with E-state index < -0.39 is 11.6 Å². The second-order valence-electron chi connectivity index (χ2n) is 2.52. The van der Waals surface area contributed by atoms with Crippen molar-refractivity contribution < 1.29 is 18.6 Å². The molecule has 0 bridgehead atoms. The van der Waals surface area contributed by atoms with Crippen molar-refractivity contribution in [1.82, 2.24) is 0 Å². The summed E-state index contributed by atoms with van der Waals surface area (Å²) in [7, 11) is 0. The first kappa shape index (κ1) is 10.7. The molecule has 0 fully saturated rings. The summed E-state index contributed by atoms with van der Waals surface area (Å²) in [5.41, 5.74) is 0. The van der Waals surface area contributed by atoms with Gasteiger partial charge in [0.15, 0.2) is 11.6 Å². The Morgan fingerprint density at radius 1 is 1.29 bits per heavy atom. The fraction of sp³-hybridized carbons (Fsp3) is 0.200. The largest absolute Gasteiger partial charge is 0.486 e. The van der Waals surface area contributed by atoms with Crippen LogP contribution < -0.4 is 4.74 Å². The molecule has 76 valence electrons. The zero-order chi connectivity index (χ0) is 10.4. The van der Waals surface area contributed by atoms with Crippen LogP contribution in [0.5, 0.6) is 5.75 Å². The van der Waals surface area contributed by atoms with Gasteiger partial charge in [-0.15, -0.1) is 0 Å². The van der Waals surface area contributed by atoms with Crippen LogP contribution >= 0.6 is 0 Å². The molecule has 0 unspecified atom stereocenters. The third kappa shape index (κ3) is 2.81. The van der Waals surface area contributed by atoms with E-state index in [9.17, 15) is 8.78 Å². The average Bonchev–Trinajstić information content (AvgIpc) is 2.19. The second-order valence-corrected chi connectivity index (χ2v) is 2.52. The van der Waals surface area contributed by atoms with Gasteiger partial charge < -0.3 is 9.84 Å². The van der Waals surface area contributed by atoms with Crippen LogP contribution in [0.4, 0.5) is 8.78 Å². The molecule has 0 aliphatic carbocycles. The molecule has 14 heavy (non-hydrogen) atoms. The molecule has 0 spiro atoms. The van der Waals surface area contributed by atoms with Gasteiger partial charge in [-0.2, -0.15) is 4.39 Å². The molecule has 1 aromatic rings. The Bertz CT molecular complexity index is 324. The number of halogens is 2. The molecular weight excluding hydrogens is 190 g/mol. The zero-order valence-electron chi connectivity index (χ0n) is 7.41. The third-order valence-electron chi connectivity index (χ3n) is 1.52. The van der Waals surface area contributed by atoms with Gasteiger partial charge in [-0.1, -0.05) is 12.1 Å². The van der Waals surface area contributed by atoms with Crippen molar-refractivity contribution in [3.63, 3.8) is 0 Å². The van der Waals surface area contributed by atoms with Gasteiger partial charge in [0.1, 0.15) is 6.61 Å². The highest BCUT2D eigenvalue weighted by Crippen LogP contribution is 2.18. The standard InChI is InChI=1S/C10H10F2O2/c11-8-4-3-5-9(10(8)12)14-7-2-1-6-13/h1-5,13H,6-7H2/b2-1+. The fourth-order valence-corrected chi connectivity index (χ4v) is 0.876. The molecule has 0 saturated carbocycles. The average molecular weight is 200 g/mol. The van der Waals surface area contributed by atoms with Crippen molar-refractivity contribution in [2.45, 2.75) is 0 Å². The van der Waals surface area contributed by atoms with Crippen LogP contribution in [0.1, 0.15) is 0 Å². The number of aliphatic hydroxyl groups is 1. The third-order valence-corrected chi connectivity index (χ3v) is 1.52. The molecule has 0 saturated heterocycles. The second kappa shape index (κ2) is 5.34. The van der Waals surface area contributed by atoms with Crippen LogP contribution in [0.25, 0.3) is 0 Å². The van der Waals surface area contributed by atoms with Gasteiger partial charge in [-0.3, -0.25) is 0 Å². The Labute approximate surface area is 80.4 Å². The zero-order valence-corrected chi connectivity index (χ0v) is 7.41. The van der Waals surface area contributed by atoms with Crippen molar-refractivity contribution >= 4 is 0 Å². The lowest BCUT2D eigenvalue weighted by molar-refractivity contribution is 0.325. The summed E-state index contributed by atoms with van der Waals surface area (Å²) in [5, 5.41) is 8.39. The van der Waals surface area contributed by atoms with Crippen molar-refractivity contribution in [3.8, 4) is 5.75 Å².